The van der Waals surface area contributed by atoms with E-state index in [0.717, 1.165) is 17.6 Å². The molecule has 20 heavy (non-hydrogen) atoms. The number of rotatable bonds is 3. The highest BCUT2D eigenvalue weighted by Crippen LogP contribution is 2.25. The standard InChI is InChI=1S/C17H23N3/c1-13-11-14-12-15(20-9-3-2-4-10-20)5-6-17(14)19-16(13)7-8-18/h5-6,11-12H,2-4,7-10,18H2,1H3. The second-order valence-electron chi connectivity index (χ2n) is 5.72. The molecule has 1 aliphatic heterocycles. The molecule has 1 fully saturated rings. The maximum atomic E-state index is 5.65. The van der Waals surface area contributed by atoms with E-state index in [1.807, 2.05) is 0 Å². The number of pyridine rings is 1. The molecule has 1 aromatic carbocycles. The van der Waals surface area contributed by atoms with Gasteiger partial charge in [0.15, 0.2) is 0 Å². The Hall–Kier alpha value is -1.61. The summed E-state index contributed by atoms with van der Waals surface area (Å²) in [4.78, 5) is 7.24. The van der Waals surface area contributed by atoms with Crippen LogP contribution >= 0.6 is 0 Å². The SMILES string of the molecule is Cc1cc2cc(N3CCCCC3)ccc2nc1CCN. The van der Waals surface area contributed by atoms with Crippen LogP contribution in [-0.2, 0) is 6.42 Å². The van der Waals surface area contributed by atoms with Gasteiger partial charge in [0, 0.05) is 36.3 Å². The van der Waals surface area contributed by atoms with Gasteiger partial charge >= 0.3 is 0 Å². The number of benzene rings is 1. The van der Waals surface area contributed by atoms with Gasteiger partial charge in [0.25, 0.3) is 0 Å². The van der Waals surface area contributed by atoms with Crippen molar-refractivity contribution >= 4 is 16.6 Å². The molecule has 3 rings (SSSR count). The quantitative estimate of drug-likeness (QED) is 0.931. The fraction of sp³-hybridized carbons (Fsp3) is 0.471. The smallest absolute Gasteiger partial charge is 0.0707 e. The van der Waals surface area contributed by atoms with E-state index in [4.69, 9.17) is 10.7 Å². The molecule has 2 aromatic rings. The van der Waals surface area contributed by atoms with Crippen molar-refractivity contribution in [2.75, 3.05) is 24.5 Å². The summed E-state index contributed by atoms with van der Waals surface area (Å²) in [5.41, 5.74) is 10.4. The number of hydrogen-bond donors (Lipinski definition) is 1. The Balaban J connectivity index is 1.96. The Morgan fingerprint density at radius 2 is 1.95 bits per heavy atom. The van der Waals surface area contributed by atoms with E-state index < -0.39 is 0 Å². The lowest BCUT2D eigenvalue weighted by Crippen LogP contribution is -2.29. The molecule has 0 saturated carbocycles. The van der Waals surface area contributed by atoms with Gasteiger partial charge in [-0.25, -0.2) is 0 Å². The topological polar surface area (TPSA) is 42.2 Å². The molecule has 2 heterocycles. The lowest BCUT2D eigenvalue weighted by Gasteiger charge is -2.29. The van der Waals surface area contributed by atoms with E-state index in [9.17, 15) is 0 Å². The summed E-state index contributed by atoms with van der Waals surface area (Å²) >= 11 is 0. The average molecular weight is 269 g/mol. The lowest BCUT2D eigenvalue weighted by atomic mass is 10.1. The molecule has 3 nitrogen and oxygen atoms in total. The number of aromatic nitrogens is 1. The van der Waals surface area contributed by atoms with Gasteiger partial charge in [-0.15, -0.1) is 0 Å². The molecule has 0 amide bonds. The monoisotopic (exact) mass is 269 g/mol. The van der Waals surface area contributed by atoms with Crippen molar-refractivity contribution in [3.63, 3.8) is 0 Å². The maximum absolute atomic E-state index is 5.65. The van der Waals surface area contributed by atoms with E-state index in [2.05, 4.69) is 36.1 Å². The third-order valence-corrected chi connectivity index (χ3v) is 4.20. The van der Waals surface area contributed by atoms with Crippen LogP contribution in [0.3, 0.4) is 0 Å². The molecule has 1 aliphatic rings. The van der Waals surface area contributed by atoms with E-state index in [1.54, 1.807) is 0 Å². The Labute approximate surface area is 120 Å². The van der Waals surface area contributed by atoms with Gasteiger partial charge in [-0.05, 0) is 62.6 Å². The number of fused-ring (bicyclic) bond motifs is 1. The number of aryl methyl sites for hydroxylation is 1. The molecule has 0 spiro atoms. The van der Waals surface area contributed by atoms with E-state index in [-0.39, 0.29) is 0 Å². The summed E-state index contributed by atoms with van der Waals surface area (Å²) in [5.74, 6) is 0. The zero-order chi connectivity index (χ0) is 13.9. The molecule has 0 unspecified atom stereocenters. The first-order valence-electron chi connectivity index (χ1n) is 7.63. The first-order chi connectivity index (χ1) is 9.78. The predicted molar refractivity (Wildman–Crippen MR) is 85.3 cm³/mol. The van der Waals surface area contributed by atoms with Gasteiger partial charge in [-0.2, -0.15) is 0 Å². The minimum absolute atomic E-state index is 0.658. The summed E-state index contributed by atoms with van der Waals surface area (Å²) in [5, 5.41) is 1.24. The molecule has 106 valence electrons. The molecule has 0 aliphatic carbocycles. The van der Waals surface area contributed by atoms with Crippen molar-refractivity contribution in [3.8, 4) is 0 Å². The molecule has 0 bridgehead atoms. The van der Waals surface area contributed by atoms with Crippen LogP contribution in [0.5, 0.6) is 0 Å². The fourth-order valence-electron chi connectivity index (χ4n) is 3.05. The van der Waals surface area contributed by atoms with Gasteiger partial charge in [-0.1, -0.05) is 0 Å². The second-order valence-corrected chi connectivity index (χ2v) is 5.72. The highest BCUT2D eigenvalue weighted by Gasteiger charge is 2.12. The van der Waals surface area contributed by atoms with Crippen molar-refractivity contribution in [2.45, 2.75) is 32.6 Å². The number of anilines is 1. The van der Waals surface area contributed by atoms with Crippen LogP contribution in [0, 0.1) is 6.92 Å². The van der Waals surface area contributed by atoms with E-state index in [1.165, 1.54) is 49.0 Å². The molecule has 0 atom stereocenters. The number of nitrogens with two attached hydrogens (primary N) is 1. The summed E-state index contributed by atoms with van der Waals surface area (Å²) in [7, 11) is 0. The Morgan fingerprint density at radius 1 is 1.15 bits per heavy atom. The van der Waals surface area contributed by atoms with Gasteiger partial charge < -0.3 is 10.6 Å². The van der Waals surface area contributed by atoms with Crippen LogP contribution in [0.4, 0.5) is 5.69 Å². The summed E-state index contributed by atoms with van der Waals surface area (Å²) in [6, 6.07) is 8.90. The zero-order valence-corrected chi connectivity index (χ0v) is 12.2. The minimum Gasteiger partial charge on any atom is -0.372 e. The van der Waals surface area contributed by atoms with Crippen molar-refractivity contribution in [1.82, 2.24) is 4.98 Å². The molecule has 0 radical (unpaired) electrons. The highest BCUT2D eigenvalue weighted by molar-refractivity contribution is 5.83. The molecule has 2 N–H and O–H groups in total. The van der Waals surface area contributed by atoms with Gasteiger partial charge in [0.2, 0.25) is 0 Å². The Bertz CT molecular complexity index is 600. The van der Waals surface area contributed by atoms with E-state index >= 15 is 0 Å². The lowest BCUT2D eigenvalue weighted by molar-refractivity contribution is 0.578. The third kappa shape index (κ3) is 2.63. The molecule has 3 heteroatoms. The summed E-state index contributed by atoms with van der Waals surface area (Å²) in [6.45, 7) is 5.16. The van der Waals surface area contributed by atoms with Gasteiger partial charge in [0.1, 0.15) is 0 Å². The maximum Gasteiger partial charge on any atom is 0.0707 e. The number of hydrogen-bond acceptors (Lipinski definition) is 3. The first-order valence-corrected chi connectivity index (χ1v) is 7.63. The largest absolute Gasteiger partial charge is 0.372 e. The second kappa shape index (κ2) is 5.80. The third-order valence-electron chi connectivity index (χ3n) is 4.20. The molecular formula is C17H23N3. The van der Waals surface area contributed by atoms with Crippen molar-refractivity contribution in [2.24, 2.45) is 5.73 Å². The van der Waals surface area contributed by atoms with E-state index in [0.29, 0.717) is 6.54 Å². The predicted octanol–water partition coefficient (Wildman–Crippen LogP) is 3.03. The number of nitrogens with zero attached hydrogens (tertiary/aromatic N) is 2. The van der Waals surface area contributed by atoms with Crippen LogP contribution in [0.2, 0.25) is 0 Å². The minimum atomic E-state index is 0.658. The highest BCUT2D eigenvalue weighted by atomic mass is 15.1. The van der Waals surface area contributed by atoms with Crippen molar-refractivity contribution < 1.29 is 0 Å². The number of piperidine rings is 1. The average Bonchev–Trinajstić information content (AvgIpc) is 2.49. The van der Waals surface area contributed by atoms with Crippen LogP contribution in [0.25, 0.3) is 10.9 Å². The molecule has 1 saturated heterocycles. The summed E-state index contributed by atoms with van der Waals surface area (Å²) in [6.07, 6.45) is 4.85. The van der Waals surface area contributed by atoms with Crippen LogP contribution in [-0.4, -0.2) is 24.6 Å². The molecular weight excluding hydrogens is 246 g/mol. The van der Waals surface area contributed by atoms with Gasteiger partial charge in [-0.3, -0.25) is 4.98 Å². The van der Waals surface area contributed by atoms with Crippen molar-refractivity contribution in [3.05, 3.63) is 35.5 Å². The normalized spacial score (nSPS) is 15.8. The van der Waals surface area contributed by atoms with Crippen LogP contribution in [0.15, 0.2) is 24.3 Å². The molecule has 1 aromatic heterocycles. The van der Waals surface area contributed by atoms with Crippen molar-refractivity contribution in [1.29, 1.82) is 0 Å². The first kappa shape index (κ1) is 13.4. The van der Waals surface area contributed by atoms with Crippen LogP contribution in [0.1, 0.15) is 30.5 Å². The summed E-state index contributed by atoms with van der Waals surface area (Å²) < 4.78 is 0. The van der Waals surface area contributed by atoms with Gasteiger partial charge in [0.05, 0.1) is 5.52 Å². The van der Waals surface area contributed by atoms with Crippen LogP contribution < -0.4 is 10.6 Å². The zero-order valence-electron chi connectivity index (χ0n) is 12.2. The Morgan fingerprint density at radius 3 is 2.70 bits per heavy atom. The fourth-order valence-corrected chi connectivity index (χ4v) is 3.05. The Kier molecular flexibility index (Phi) is 3.88.